The van der Waals surface area contributed by atoms with E-state index in [-0.39, 0.29) is 75.1 Å². The van der Waals surface area contributed by atoms with Crippen molar-refractivity contribution >= 4 is 92.6 Å². The molecule has 0 bridgehead atoms. The third-order valence-corrected chi connectivity index (χ3v) is 12.7. The molecule has 0 heterocycles. The molecule has 30 heteroatoms. The van der Waals surface area contributed by atoms with Crippen LogP contribution in [0.4, 0.5) is 45.5 Å². The quantitative estimate of drug-likeness (QED) is 0.0264. The minimum absolute atomic E-state index is 0. The van der Waals surface area contributed by atoms with Crippen molar-refractivity contribution in [3.63, 3.8) is 0 Å². The number of azo groups is 4. The molecule has 7 aromatic carbocycles. The van der Waals surface area contributed by atoms with Crippen molar-refractivity contribution in [2.24, 2.45) is 40.9 Å². The number of benzene rings is 7. The van der Waals surface area contributed by atoms with Gasteiger partial charge in [0.05, 0.1) is 47.9 Å². The van der Waals surface area contributed by atoms with E-state index in [0.717, 1.165) is 48.5 Å². The van der Waals surface area contributed by atoms with Gasteiger partial charge in [-0.3, -0.25) is 13.7 Å². The van der Waals surface area contributed by atoms with Crippen molar-refractivity contribution in [3.8, 4) is 51.4 Å². The van der Waals surface area contributed by atoms with Crippen molar-refractivity contribution in [1.82, 2.24) is 0 Å². The second-order valence-electron chi connectivity index (χ2n) is 14.8. The molecule has 0 aromatic heterocycles. The molecule has 0 aliphatic rings. The summed E-state index contributed by atoms with van der Waals surface area (Å²) in [6, 6.07) is 20.1. The third-order valence-electron chi connectivity index (χ3n) is 10.2. The predicted octanol–water partition coefficient (Wildman–Crippen LogP) is 7.46. The van der Waals surface area contributed by atoms with Crippen LogP contribution in [-0.4, -0.2) is 91.7 Å². The Morgan fingerprint density at radius 1 is 0.459 bits per heavy atom. The monoisotopic (exact) mass is 1080 g/mol. The maximum Gasteiger partial charge on any atom is 1.00 e. The molecule has 0 radical (unpaired) electrons. The first kappa shape index (κ1) is 55.3. The molecule has 74 heavy (non-hydrogen) atoms. The minimum Gasteiger partial charge on any atom is -0.507 e. The Morgan fingerprint density at radius 3 is 1.54 bits per heavy atom. The first-order valence-corrected chi connectivity index (χ1v) is 24.3. The van der Waals surface area contributed by atoms with Crippen LogP contribution < -0.4 is 43.8 Å². The van der Waals surface area contributed by atoms with Crippen molar-refractivity contribution in [2.75, 3.05) is 21.3 Å². The molecule has 0 amide bonds. The van der Waals surface area contributed by atoms with Gasteiger partial charge in [-0.05, 0) is 108 Å². The van der Waals surface area contributed by atoms with Gasteiger partial charge in [0.25, 0.3) is 30.4 Å². The number of carboxylic acids is 1. The summed E-state index contributed by atoms with van der Waals surface area (Å²) in [5, 5.41) is 83.1. The molecule has 0 unspecified atom stereocenters. The van der Waals surface area contributed by atoms with Crippen LogP contribution in [0.3, 0.4) is 0 Å². The second-order valence-corrected chi connectivity index (χ2v) is 19.0. The van der Waals surface area contributed by atoms with Crippen LogP contribution in [0.2, 0.25) is 0 Å². The van der Waals surface area contributed by atoms with Crippen molar-refractivity contribution in [3.05, 3.63) is 109 Å². The van der Waals surface area contributed by atoms with Gasteiger partial charge in [-0.15, -0.1) is 35.8 Å². The van der Waals surface area contributed by atoms with E-state index in [0.29, 0.717) is 23.3 Å². The summed E-state index contributed by atoms with van der Waals surface area (Å²) in [5.41, 5.74) is -1.94. The molecule has 0 saturated heterocycles. The summed E-state index contributed by atoms with van der Waals surface area (Å²) in [7, 11) is -11.3. The Hall–Kier alpha value is -8.00. The molecule has 0 fully saturated rings. The Bertz CT molecular complexity index is 3900. The van der Waals surface area contributed by atoms with Crippen molar-refractivity contribution in [1.29, 1.82) is 0 Å². The summed E-state index contributed by atoms with van der Waals surface area (Å²) in [4.78, 5) is 8.84. The predicted molar refractivity (Wildman–Crippen MR) is 255 cm³/mol. The maximum atomic E-state index is 12.8. The Kier molecular flexibility index (Phi) is 16.4. The standard InChI is InChI=1S/C44H34N8O18S3.Na/c1-68-35-13-7-25(71(59,60)61)19-31(35)49-51-40-34(54)12-10-30(42(40)55)48-50-32-20-26(72(62,63)64)14-23-17-38(73(65,66)67)41(43(56)39(23)32)52-47-29-9-5-22(16-37(29)70-3)21-4-8-28(36(15-21)69-2)46-45-24-6-11-33(53)27(18-24)44(57)58;/h4-20,53-56H,1-3H3,(H,57,58)(H,59,60,61)(H,62,63,64)(H,65,66,67);/q;+1. The van der Waals surface area contributed by atoms with Crippen molar-refractivity contribution < 1.29 is 113 Å². The first-order valence-electron chi connectivity index (χ1n) is 20.0. The van der Waals surface area contributed by atoms with E-state index in [4.69, 9.17) is 14.2 Å². The minimum atomic E-state index is -5.32. The molecule has 0 aliphatic carbocycles. The van der Waals surface area contributed by atoms with Gasteiger partial charge in [0, 0.05) is 0 Å². The third kappa shape index (κ3) is 12.1. The van der Waals surface area contributed by atoms with Gasteiger partial charge in [0.1, 0.15) is 67.6 Å². The van der Waals surface area contributed by atoms with Crippen LogP contribution in [-0.2, 0) is 30.4 Å². The molecule has 0 aliphatic heterocycles. The number of nitrogens with zero attached hydrogens (tertiary/aromatic N) is 8. The summed E-state index contributed by atoms with van der Waals surface area (Å²) in [6.07, 6.45) is 0. The molecular formula is C44H34N8NaO18S3+. The number of aromatic hydroxyl groups is 4. The molecule has 0 saturated carbocycles. The number of phenolic OH excluding ortho intramolecular Hbond substituents is 3. The fourth-order valence-electron chi connectivity index (χ4n) is 6.67. The zero-order valence-electron chi connectivity index (χ0n) is 38.3. The number of aromatic carboxylic acids is 1. The Balaban J connectivity index is 0.00000892. The van der Waals surface area contributed by atoms with Crippen LogP contribution in [0, 0.1) is 0 Å². The topological polar surface area (TPSA) is 408 Å². The van der Waals surface area contributed by atoms with E-state index < -0.39 is 108 Å². The molecule has 0 spiro atoms. The van der Waals surface area contributed by atoms with Gasteiger partial charge < -0.3 is 39.7 Å². The van der Waals surface area contributed by atoms with Crippen LogP contribution in [0.5, 0.6) is 40.2 Å². The van der Waals surface area contributed by atoms with E-state index in [1.807, 2.05) is 0 Å². The van der Waals surface area contributed by atoms with Gasteiger partial charge in [0.15, 0.2) is 17.2 Å². The number of fused-ring (bicyclic) bond motifs is 1. The van der Waals surface area contributed by atoms with E-state index in [1.165, 1.54) is 39.5 Å². The number of carbonyl (C=O) groups is 1. The molecule has 26 nitrogen and oxygen atoms in total. The average Bonchev–Trinajstić information content (AvgIpc) is 3.34. The molecule has 7 aromatic rings. The number of phenols is 4. The molecule has 7 rings (SSSR count). The molecular weight excluding hydrogens is 1050 g/mol. The second kappa shape index (κ2) is 22.0. The molecule has 8 N–H and O–H groups in total. The van der Waals surface area contributed by atoms with Gasteiger partial charge in [-0.25, -0.2) is 4.79 Å². The van der Waals surface area contributed by atoms with E-state index >= 15 is 0 Å². The Morgan fingerprint density at radius 2 is 0.973 bits per heavy atom. The number of carboxylic acid groups (broad SMARTS) is 1. The fraction of sp³-hybridized carbons (Fsp3) is 0.0682. The number of rotatable bonds is 16. The van der Waals surface area contributed by atoms with Gasteiger partial charge in [-0.2, -0.15) is 30.4 Å². The summed E-state index contributed by atoms with van der Waals surface area (Å²) < 4.78 is 120. The fourth-order valence-corrected chi connectivity index (χ4v) is 8.36. The average molecular weight is 1080 g/mol. The smallest absolute Gasteiger partial charge is 0.507 e. The molecule has 376 valence electrons. The number of hydrogen-bond donors (Lipinski definition) is 8. The van der Waals surface area contributed by atoms with E-state index in [9.17, 15) is 69.2 Å². The SMILES string of the molecule is COc1cc(-c2ccc(N=Nc3c(S(=O)(=O)O)cc4cc(S(=O)(=O)O)cc(N=Nc5ccc(O)c(N=Nc6cc(S(=O)(=O)O)ccc6OC)c5O)c4c3O)c(OC)c2)ccc1N=Nc1ccc(O)c(C(=O)O)c1.[Na+]. The number of methoxy groups -OCH3 is 3. The number of hydrogen-bond acceptors (Lipinski definition) is 22. The Labute approximate surface area is 439 Å². The van der Waals surface area contributed by atoms with E-state index in [1.54, 1.807) is 24.3 Å². The van der Waals surface area contributed by atoms with Crippen LogP contribution in [0.1, 0.15) is 10.4 Å². The normalized spacial score (nSPS) is 12.2. The zero-order valence-corrected chi connectivity index (χ0v) is 42.7. The maximum absolute atomic E-state index is 12.8. The largest absolute Gasteiger partial charge is 1.00 e. The zero-order chi connectivity index (χ0) is 53.2. The first-order chi connectivity index (χ1) is 34.4. The van der Waals surface area contributed by atoms with Gasteiger partial charge in [-0.1, -0.05) is 12.1 Å². The molecule has 0 atom stereocenters. The number of ether oxygens (including phenoxy) is 3. The summed E-state index contributed by atoms with van der Waals surface area (Å²) >= 11 is 0. The van der Waals surface area contributed by atoms with Crippen molar-refractivity contribution in [2.45, 2.75) is 14.7 Å². The van der Waals surface area contributed by atoms with Gasteiger partial charge in [0.2, 0.25) is 0 Å². The summed E-state index contributed by atoms with van der Waals surface area (Å²) in [5.74, 6) is -4.24. The summed E-state index contributed by atoms with van der Waals surface area (Å²) in [6.45, 7) is 0. The van der Waals surface area contributed by atoms with Crippen LogP contribution >= 0.6 is 0 Å². The van der Waals surface area contributed by atoms with Crippen LogP contribution in [0.25, 0.3) is 21.9 Å². The van der Waals surface area contributed by atoms with E-state index in [2.05, 4.69) is 40.9 Å². The van der Waals surface area contributed by atoms with Crippen LogP contribution in [0.15, 0.2) is 159 Å². The van der Waals surface area contributed by atoms with Gasteiger partial charge >= 0.3 is 35.5 Å².